The molecule has 2 aromatic rings. The first-order valence-corrected chi connectivity index (χ1v) is 7.68. The molecule has 23 heavy (non-hydrogen) atoms. The molecule has 0 amide bonds. The van der Waals surface area contributed by atoms with E-state index in [1.165, 1.54) is 12.1 Å². The SMILES string of the molecule is CCN1CCN(Cc2nc(-c3ccc([N+](=O)[O-])cc3)no2)CC1. The Labute approximate surface area is 133 Å². The third-order valence-corrected chi connectivity index (χ3v) is 4.08. The number of likely N-dealkylation sites (N-methyl/N-ethyl adjacent to an activating group) is 1. The van der Waals surface area contributed by atoms with Crippen molar-refractivity contribution in [3.05, 3.63) is 40.3 Å². The van der Waals surface area contributed by atoms with Crippen LogP contribution in [0, 0.1) is 10.1 Å². The lowest BCUT2D eigenvalue weighted by atomic mass is 10.2. The van der Waals surface area contributed by atoms with Gasteiger partial charge in [-0.2, -0.15) is 4.98 Å². The first kappa shape index (κ1) is 15.6. The third kappa shape index (κ3) is 3.72. The van der Waals surface area contributed by atoms with Gasteiger partial charge in [-0.3, -0.25) is 15.0 Å². The summed E-state index contributed by atoms with van der Waals surface area (Å²) in [6, 6.07) is 6.14. The second-order valence-corrected chi connectivity index (χ2v) is 5.53. The summed E-state index contributed by atoms with van der Waals surface area (Å²) < 4.78 is 5.30. The summed E-state index contributed by atoms with van der Waals surface area (Å²) in [5, 5.41) is 14.6. The summed E-state index contributed by atoms with van der Waals surface area (Å²) in [7, 11) is 0. The Hall–Kier alpha value is -2.32. The normalized spacial score (nSPS) is 16.6. The maximum absolute atomic E-state index is 10.7. The molecule has 1 saturated heterocycles. The largest absolute Gasteiger partial charge is 0.338 e. The van der Waals surface area contributed by atoms with Gasteiger partial charge in [0.25, 0.3) is 5.69 Å². The zero-order valence-electron chi connectivity index (χ0n) is 13.0. The Morgan fingerprint density at radius 3 is 2.43 bits per heavy atom. The Bertz CT molecular complexity index is 662. The maximum Gasteiger partial charge on any atom is 0.269 e. The molecule has 1 fully saturated rings. The number of nitro benzene ring substituents is 1. The molecule has 0 N–H and O–H groups in total. The predicted octanol–water partition coefficient (Wildman–Crippen LogP) is 1.78. The van der Waals surface area contributed by atoms with E-state index in [2.05, 4.69) is 26.9 Å². The molecule has 0 bridgehead atoms. The number of benzene rings is 1. The number of aromatic nitrogens is 2. The summed E-state index contributed by atoms with van der Waals surface area (Å²) in [6.45, 7) is 7.98. The fourth-order valence-electron chi connectivity index (χ4n) is 2.62. The zero-order valence-corrected chi connectivity index (χ0v) is 13.0. The van der Waals surface area contributed by atoms with Gasteiger partial charge in [0.1, 0.15) is 0 Å². The van der Waals surface area contributed by atoms with E-state index < -0.39 is 4.92 Å². The number of rotatable bonds is 5. The smallest absolute Gasteiger partial charge is 0.269 e. The van der Waals surface area contributed by atoms with Gasteiger partial charge in [0.15, 0.2) is 0 Å². The van der Waals surface area contributed by atoms with Crippen LogP contribution in [0.5, 0.6) is 0 Å². The number of nitrogens with zero attached hydrogens (tertiary/aromatic N) is 5. The molecule has 0 spiro atoms. The summed E-state index contributed by atoms with van der Waals surface area (Å²) in [4.78, 5) is 19.3. The summed E-state index contributed by atoms with van der Waals surface area (Å²) in [5.74, 6) is 1.03. The third-order valence-electron chi connectivity index (χ3n) is 4.08. The van der Waals surface area contributed by atoms with E-state index in [-0.39, 0.29) is 5.69 Å². The van der Waals surface area contributed by atoms with Crippen LogP contribution in [-0.2, 0) is 6.54 Å². The molecule has 1 aliphatic heterocycles. The van der Waals surface area contributed by atoms with E-state index in [1.807, 2.05) is 0 Å². The molecule has 0 radical (unpaired) electrons. The molecule has 1 aliphatic rings. The van der Waals surface area contributed by atoms with Crippen molar-refractivity contribution in [1.82, 2.24) is 19.9 Å². The average Bonchev–Trinajstić information content (AvgIpc) is 3.04. The minimum atomic E-state index is -0.429. The molecular weight excluding hydrogens is 298 g/mol. The van der Waals surface area contributed by atoms with Crippen molar-refractivity contribution in [2.75, 3.05) is 32.7 Å². The van der Waals surface area contributed by atoms with E-state index in [4.69, 9.17) is 4.52 Å². The van der Waals surface area contributed by atoms with Crippen LogP contribution < -0.4 is 0 Å². The first-order chi connectivity index (χ1) is 11.2. The van der Waals surface area contributed by atoms with Crippen molar-refractivity contribution in [3.8, 4) is 11.4 Å². The first-order valence-electron chi connectivity index (χ1n) is 7.68. The van der Waals surface area contributed by atoms with Gasteiger partial charge >= 0.3 is 0 Å². The molecule has 2 heterocycles. The summed E-state index contributed by atoms with van der Waals surface area (Å²) in [5.41, 5.74) is 0.757. The molecule has 0 aliphatic carbocycles. The van der Waals surface area contributed by atoms with Gasteiger partial charge in [-0.25, -0.2) is 0 Å². The van der Waals surface area contributed by atoms with Crippen LogP contribution in [0.4, 0.5) is 5.69 Å². The van der Waals surface area contributed by atoms with Crippen molar-refractivity contribution in [3.63, 3.8) is 0 Å². The minimum absolute atomic E-state index is 0.0475. The average molecular weight is 317 g/mol. The standard InChI is InChI=1S/C15H19N5O3/c1-2-18-7-9-19(10-8-18)11-14-16-15(17-23-14)12-3-5-13(6-4-12)20(21)22/h3-6H,2,7-11H2,1H3. The molecule has 8 nitrogen and oxygen atoms in total. The van der Waals surface area contributed by atoms with Gasteiger partial charge in [-0.15, -0.1) is 0 Å². The molecule has 8 heteroatoms. The monoisotopic (exact) mass is 317 g/mol. The molecule has 1 aromatic carbocycles. The van der Waals surface area contributed by atoms with E-state index in [0.29, 0.717) is 23.8 Å². The zero-order chi connectivity index (χ0) is 16.2. The fourth-order valence-corrected chi connectivity index (χ4v) is 2.62. The molecule has 1 aromatic heterocycles. The highest BCUT2D eigenvalue weighted by Crippen LogP contribution is 2.20. The Morgan fingerprint density at radius 1 is 1.17 bits per heavy atom. The number of non-ortho nitro benzene ring substituents is 1. The summed E-state index contributed by atoms with van der Waals surface area (Å²) >= 11 is 0. The van der Waals surface area contributed by atoms with E-state index in [1.54, 1.807) is 12.1 Å². The number of nitro groups is 1. The lowest BCUT2D eigenvalue weighted by Gasteiger charge is -2.33. The van der Waals surface area contributed by atoms with Crippen molar-refractivity contribution in [2.45, 2.75) is 13.5 Å². The van der Waals surface area contributed by atoms with Crippen LogP contribution in [0.2, 0.25) is 0 Å². The summed E-state index contributed by atoms with van der Waals surface area (Å²) in [6.07, 6.45) is 0. The lowest BCUT2D eigenvalue weighted by Crippen LogP contribution is -2.45. The van der Waals surface area contributed by atoms with Crippen LogP contribution in [0.3, 0.4) is 0 Å². The molecule has 3 rings (SSSR count). The van der Waals surface area contributed by atoms with Crippen molar-refractivity contribution < 1.29 is 9.45 Å². The van der Waals surface area contributed by atoms with Crippen molar-refractivity contribution in [2.24, 2.45) is 0 Å². The van der Waals surface area contributed by atoms with Crippen LogP contribution in [0.15, 0.2) is 28.8 Å². The maximum atomic E-state index is 10.7. The topological polar surface area (TPSA) is 88.5 Å². The van der Waals surface area contributed by atoms with Crippen molar-refractivity contribution in [1.29, 1.82) is 0 Å². The molecular formula is C15H19N5O3. The van der Waals surface area contributed by atoms with E-state index >= 15 is 0 Å². The number of piperazine rings is 1. The second-order valence-electron chi connectivity index (χ2n) is 5.53. The Kier molecular flexibility index (Phi) is 4.63. The predicted molar refractivity (Wildman–Crippen MR) is 83.8 cm³/mol. The number of hydrogen-bond acceptors (Lipinski definition) is 7. The van der Waals surface area contributed by atoms with Gasteiger partial charge in [-0.1, -0.05) is 12.1 Å². The van der Waals surface area contributed by atoms with Gasteiger partial charge in [0, 0.05) is 43.9 Å². The lowest BCUT2D eigenvalue weighted by molar-refractivity contribution is -0.384. The van der Waals surface area contributed by atoms with E-state index in [9.17, 15) is 10.1 Å². The molecule has 0 atom stereocenters. The van der Waals surface area contributed by atoms with Gasteiger partial charge in [-0.05, 0) is 18.7 Å². The quantitative estimate of drug-likeness (QED) is 0.613. The van der Waals surface area contributed by atoms with Crippen molar-refractivity contribution >= 4 is 5.69 Å². The minimum Gasteiger partial charge on any atom is -0.338 e. The molecule has 0 saturated carbocycles. The Morgan fingerprint density at radius 2 is 1.83 bits per heavy atom. The van der Waals surface area contributed by atoms with Gasteiger partial charge in [0.05, 0.1) is 11.5 Å². The second kappa shape index (κ2) is 6.84. The van der Waals surface area contributed by atoms with E-state index in [0.717, 1.165) is 32.7 Å². The van der Waals surface area contributed by atoms with Gasteiger partial charge < -0.3 is 9.42 Å². The van der Waals surface area contributed by atoms with Crippen LogP contribution in [0.25, 0.3) is 11.4 Å². The highest BCUT2D eigenvalue weighted by molar-refractivity contribution is 5.56. The highest BCUT2D eigenvalue weighted by atomic mass is 16.6. The fraction of sp³-hybridized carbons (Fsp3) is 0.467. The van der Waals surface area contributed by atoms with Crippen LogP contribution in [-0.4, -0.2) is 57.6 Å². The number of hydrogen-bond donors (Lipinski definition) is 0. The Balaban J connectivity index is 1.63. The van der Waals surface area contributed by atoms with Crippen LogP contribution >= 0.6 is 0 Å². The molecule has 122 valence electrons. The van der Waals surface area contributed by atoms with Gasteiger partial charge in [0.2, 0.25) is 11.7 Å². The molecule has 0 unspecified atom stereocenters. The highest BCUT2D eigenvalue weighted by Gasteiger charge is 2.18. The van der Waals surface area contributed by atoms with Crippen LogP contribution in [0.1, 0.15) is 12.8 Å².